The van der Waals surface area contributed by atoms with E-state index in [9.17, 15) is 19.7 Å². The van der Waals surface area contributed by atoms with Crippen LogP contribution in [0.5, 0.6) is 0 Å². The maximum Gasteiger partial charge on any atom is 0.352 e. The average Bonchev–Trinajstić information content (AvgIpc) is 2.92. The van der Waals surface area contributed by atoms with E-state index in [1.54, 1.807) is 20.3 Å². The van der Waals surface area contributed by atoms with Gasteiger partial charge in [0, 0.05) is 32.8 Å². The molecule has 0 saturated heterocycles. The van der Waals surface area contributed by atoms with Crippen LogP contribution in [0.2, 0.25) is 0 Å². The summed E-state index contributed by atoms with van der Waals surface area (Å²) in [7, 11) is 3.12. The first kappa shape index (κ1) is 14.5. The summed E-state index contributed by atoms with van der Waals surface area (Å²) >= 11 is 0. The van der Waals surface area contributed by atoms with E-state index in [4.69, 9.17) is 5.11 Å². The highest BCUT2D eigenvalue weighted by atomic mass is 16.6. The predicted octanol–water partition coefficient (Wildman–Crippen LogP) is 1.40. The molecule has 0 radical (unpaired) electrons. The molecule has 0 aliphatic heterocycles. The number of rotatable bonds is 5. The molecule has 0 atom stereocenters. The highest BCUT2D eigenvalue weighted by Gasteiger charge is 2.19. The number of carbonyl (C=O) groups is 2. The Labute approximate surface area is 119 Å². The van der Waals surface area contributed by atoms with Crippen molar-refractivity contribution in [3.8, 4) is 0 Å². The standard InChI is InChI=1S/C13H13N3O5/c1-14-6-8(3-11(14)13(18)19)4-12(17)10-5-9(16(20)21)7-15(10)2/h3,5-7H,4H2,1-2H3,(H,18,19). The van der Waals surface area contributed by atoms with Gasteiger partial charge in [0.25, 0.3) is 5.69 Å². The Morgan fingerprint density at radius 3 is 2.29 bits per heavy atom. The smallest absolute Gasteiger partial charge is 0.352 e. The molecule has 0 saturated carbocycles. The summed E-state index contributed by atoms with van der Waals surface area (Å²) in [4.78, 5) is 33.2. The Hall–Kier alpha value is -2.90. The second-order valence-electron chi connectivity index (χ2n) is 4.70. The Balaban J connectivity index is 2.24. The maximum absolute atomic E-state index is 12.2. The van der Waals surface area contributed by atoms with Gasteiger partial charge in [-0.15, -0.1) is 0 Å². The molecule has 0 aliphatic rings. The topological polar surface area (TPSA) is 107 Å². The number of carboxylic acid groups (broad SMARTS) is 1. The van der Waals surface area contributed by atoms with Crippen LogP contribution >= 0.6 is 0 Å². The lowest BCUT2D eigenvalue weighted by atomic mass is 10.1. The van der Waals surface area contributed by atoms with Crippen molar-refractivity contribution in [1.82, 2.24) is 9.13 Å². The second kappa shape index (κ2) is 5.23. The molecule has 0 aliphatic carbocycles. The molecular weight excluding hydrogens is 278 g/mol. The monoisotopic (exact) mass is 291 g/mol. The van der Waals surface area contributed by atoms with Gasteiger partial charge in [0.2, 0.25) is 0 Å². The number of carbonyl (C=O) groups excluding carboxylic acids is 1. The largest absolute Gasteiger partial charge is 0.477 e. The molecule has 0 bridgehead atoms. The molecule has 1 N–H and O–H groups in total. The Kier molecular flexibility index (Phi) is 3.62. The van der Waals surface area contributed by atoms with Crippen molar-refractivity contribution < 1.29 is 19.6 Å². The zero-order valence-electron chi connectivity index (χ0n) is 11.4. The number of aromatic nitrogens is 2. The van der Waals surface area contributed by atoms with E-state index in [0.717, 1.165) is 0 Å². The fourth-order valence-electron chi connectivity index (χ4n) is 2.14. The fraction of sp³-hybridized carbons (Fsp3) is 0.231. The molecule has 0 amide bonds. The summed E-state index contributed by atoms with van der Waals surface area (Å²) in [5, 5.41) is 19.6. The zero-order valence-corrected chi connectivity index (χ0v) is 11.4. The van der Waals surface area contributed by atoms with Gasteiger partial charge in [-0.2, -0.15) is 0 Å². The van der Waals surface area contributed by atoms with Crippen molar-refractivity contribution in [3.63, 3.8) is 0 Å². The van der Waals surface area contributed by atoms with Crippen LogP contribution in [0.4, 0.5) is 5.69 Å². The molecule has 0 unspecified atom stereocenters. The van der Waals surface area contributed by atoms with E-state index in [-0.39, 0.29) is 29.3 Å². The Morgan fingerprint density at radius 2 is 1.81 bits per heavy atom. The third-order valence-corrected chi connectivity index (χ3v) is 3.13. The lowest BCUT2D eigenvalue weighted by molar-refractivity contribution is -0.384. The quantitative estimate of drug-likeness (QED) is 0.509. The average molecular weight is 291 g/mol. The number of carboxylic acids is 1. The SMILES string of the molecule is Cn1cc(CC(=O)c2cc([N+](=O)[O-])cn2C)cc1C(=O)O. The van der Waals surface area contributed by atoms with E-state index in [1.807, 2.05) is 0 Å². The minimum absolute atomic E-state index is 0.0177. The lowest BCUT2D eigenvalue weighted by Gasteiger charge is -1.99. The fourth-order valence-corrected chi connectivity index (χ4v) is 2.14. The molecule has 0 spiro atoms. The van der Waals surface area contributed by atoms with Crippen LogP contribution in [-0.2, 0) is 20.5 Å². The highest BCUT2D eigenvalue weighted by Crippen LogP contribution is 2.18. The summed E-state index contributed by atoms with van der Waals surface area (Å²) in [6.07, 6.45) is 2.80. The molecule has 0 fully saturated rings. The van der Waals surface area contributed by atoms with E-state index >= 15 is 0 Å². The van der Waals surface area contributed by atoms with Gasteiger partial charge in [-0.05, 0) is 11.6 Å². The number of Topliss-reactive ketones (excluding diaryl/α,β-unsaturated/α-hetero) is 1. The van der Waals surface area contributed by atoms with Crippen LogP contribution in [0, 0.1) is 10.1 Å². The number of nitrogens with zero attached hydrogens (tertiary/aromatic N) is 3. The number of ketones is 1. The Morgan fingerprint density at radius 1 is 1.19 bits per heavy atom. The summed E-state index contributed by atoms with van der Waals surface area (Å²) < 4.78 is 2.81. The van der Waals surface area contributed by atoms with Crippen molar-refractivity contribution in [1.29, 1.82) is 0 Å². The minimum Gasteiger partial charge on any atom is -0.477 e. The molecule has 2 rings (SSSR count). The van der Waals surface area contributed by atoms with Gasteiger partial charge in [0.05, 0.1) is 16.8 Å². The first-order valence-corrected chi connectivity index (χ1v) is 6.02. The number of aromatic carboxylic acids is 1. The molecule has 2 aromatic rings. The van der Waals surface area contributed by atoms with Gasteiger partial charge in [0.15, 0.2) is 5.78 Å². The van der Waals surface area contributed by atoms with Crippen molar-refractivity contribution in [2.24, 2.45) is 14.1 Å². The third-order valence-electron chi connectivity index (χ3n) is 3.13. The van der Waals surface area contributed by atoms with Crippen LogP contribution in [0.3, 0.4) is 0 Å². The van der Waals surface area contributed by atoms with Crippen molar-refractivity contribution >= 4 is 17.4 Å². The van der Waals surface area contributed by atoms with Crippen molar-refractivity contribution in [2.75, 3.05) is 0 Å². The number of aryl methyl sites for hydroxylation is 2. The first-order valence-electron chi connectivity index (χ1n) is 6.02. The molecule has 21 heavy (non-hydrogen) atoms. The van der Waals surface area contributed by atoms with Gasteiger partial charge < -0.3 is 14.2 Å². The summed E-state index contributed by atoms with van der Waals surface area (Å²) in [5.74, 6) is -1.39. The van der Waals surface area contributed by atoms with Crippen molar-refractivity contribution in [3.05, 3.63) is 51.6 Å². The molecule has 2 heterocycles. The van der Waals surface area contributed by atoms with Crippen LogP contribution in [0.1, 0.15) is 26.5 Å². The van der Waals surface area contributed by atoms with E-state index in [1.165, 1.54) is 27.5 Å². The lowest BCUT2D eigenvalue weighted by Crippen LogP contribution is -2.07. The number of nitro groups is 1. The van der Waals surface area contributed by atoms with Gasteiger partial charge in [-0.3, -0.25) is 14.9 Å². The minimum atomic E-state index is -1.08. The van der Waals surface area contributed by atoms with Gasteiger partial charge in [-0.25, -0.2) is 4.79 Å². The van der Waals surface area contributed by atoms with Crippen LogP contribution < -0.4 is 0 Å². The predicted molar refractivity (Wildman–Crippen MR) is 72.5 cm³/mol. The first-order chi connectivity index (χ1) is 9.79. The van der Waals surface area contributed by atoms with E-state index in [0.29, 0.717) is 5.56 Å². The van der Waals surface area contributed by atoms with E-state index in [2.05, 4.69) is 0 Å². The van der Waals surface area contributed by atoms with Crippen LogP contribution in [0.25, 0.3) is 0 Å². The van der Waals surface area contributed by atoms with E-state index < -0.39 is 10.9 Å². The van der Waals surface area contributed by atoms with Gasteiger partial charge in [0.1, 0.15) is 5.69 Å². The normalized spacial score (nSPS) is 10.6. The molecule has 0 aromatic carbocycles. The van der Waals surface area contributed by atoms with Crippen LogP contribution in [0.15, 0.2) is 24.5 Å². The molecule has 8 nitrogen and oxygen atoms in total. The molecular formula is C13H13N3O5. The van der Waals surface area contributed by atoms with Crippen molar-refractivity contribution in [2.45, 2.75) is 6.42 Å². The summed E-state index contributed by atoms with van der Waals surface area (Å²) in [6, 6.07) is 2.63. The molecule has 8 heteroatoms. The number of hydrogen-bond donors (Lipinski definition) is 1. The molecule has 2 aromatic heterocycles. The maximum atomic E-state index is 12.2. The van der Waals surface area contributed by atoms with Crippen LogP contribution in [-0.4, -0.2) is 30.9 Å². The number of hydrogen-bond acceptors (Lipinski definition) is 4. The highest BCUT2D eigenvalue weighted by molar-refractivity contribution is 5.97. The van der Waals surface area contributed by atoms with Gasteiger partial charge in [-0.1, -0.05) is 0 Å². The zero-order chi connectivity index (χ0) is 15.7. The third kappa shape index (κ3) is 2.83. The van der Waals surface area contributed by atoms with Gasteiger partial charge >= 0.3 is 5.97 Å². The summed E-state index contributed by atoms with van der Waals surface area (Å²) in [5.41, 5.74) is 0.682. The molecule has 110 valence electrons. The summed E-state index contributed by atoms with van der Waals surface area (Å²) in [6.45, 7) is 0. The Bertz CT molecular complexity index is 741. The second-order valence-corrected chi connectivity index (χ2v) is 4.70.